The lowest BCUT2D eigenvalue weighted by Gasteiger charge is -2.02. The first-order chi connectivity index (χ1) is 5.79. The molecule has 0 radical (unpaired) electrons. The largest absolute Gasteiger partial charge is 0.384 e. The number of hydrogen-bond acceptors (Lipinski definition) is 1. The molecule has 0 unspecified atom stereocenters. The molecule has 0 saturated heterocycles. The minimum Gasteiger partial charge on any atom is -0.384 e. The highest BCUT2D eigenvalue weighted by atomic mass is 15.0. The Labute approximate surface area is 74.3 Å². The zero-order valence-corrected chi connectivity index (χ0v) is 7.70. The molecule has 0 saturated carbocycles. The van der Waals surface area contributed by atoms with Crippen LogP contribution in [-0.2, 0) is 6.42 Å². The average Bonchev–Trinajstić information content (AvgIpc) is 2.05. The summed E-state index contributed by atoms with van der Waals surface area (Å²) in [5.41, 5.74) is 1.36. The predicted molar refractivity (Wildman–Crippen MR) is 53.0 cm³/mol. The normalized spacial score (nSPS) is 10.5. The molecule has 0 amide bonds. The van der Waals surface area contributed by atoms with E-state index in [2.05, 4.69) is 36.5 Å². The maximum absolute atomic E-state index is 2.16. The lowest BCUT2D eigenvalue weighted by Crippen LogP contribution is -2.00. The number of hydrogen-bond donors (Lipinski definition) is 0. The Hall–Kier alpha value is -1.24. The maximum atomic E-state index is 2.16. The van der Waals surface area contributed by atoms with E-state index in [4.69, 9.17) is 0 Å². The highest BCUT2D eigenvalue weighted by molar-refractivity contribution is 5.17. The molecule has 0 aliphatic heterocycles. The Kier molecular flexibility index (Phi) is 3.39. The fourth-order valence-corrected chi connectivity index (χ4v) is 1.01. The van der Waals surface area contributed by atoms with Crippen molar-refractivity contribution in [1.82, 2.24) is 4.90 Å². The molecule has 1 aromatic rings. The van der Waals surface area contributed by atoms with Crippen molar-refractivity contribution >= 4 is 0 Å². The van der Waals surface area contributed by atoms with E-state index in [-0.39, 0.29) is 0 Å². The van der Waals surface area contributed by atoms with Gasteiger partial charge >= 0.3 is 0 Å². The van der Waals surface area contributed by atoms with Crippen molar-refractivity contribution in [3.05, 3.63) is 48.2 Å². The Morgan fingerprint density at radius 2 is 1.83 bits per heavy atom. The molecule has 0 bridgehead atoms. The van der Waals surface area contributed by atoms with Crippen LogP contribution in [0.3, 0.4) is 0 Å². The van der Waals surface area contributed by atoms with E-state index in [0.29, 0.717) is 0 Å². The number of rotatable bonds is 3. The van der Waals surface area contributed by atoms with Crippen LogP contribution >= 0.6 is 0 Å². The molecule has 0 aliphatic rings. The number of nitrogens with zero attached hydrogens (tertiary/aromatic N) is 1. The minimum absolute atomic E-state index is 1.01. The molecule has 0 heterocycles. The molecule has 0 N–H and O–H groups in total. The van der Waals surface area contributed by atoms with Crippen molar-refractivity contribution in [3.63, 3.8) is 0 Å². The summed E-state index contributed by atoms with van der Waals surface area (Å²) in [4.78, 5) is 2.04. The molecule has 1 nitrogen and oxygen atoms in total. The Morgan fingerprint density at radius 3 is 2.42 bits per heavy atom. The van der Waals surface area contributed by atoms with Gasteiger partial charge < -0.3 is 4.90 Å². The first kappa shape index (κ1) is 8.85. The third-order valence-electron chi connectivity index (χ3n) is 1.60. The monoisotopic (exact) mass is 161 g/mol. The van der Waals surface area contributed by atoms with Gasteiger partial charge in [-0.05, 0) is 18.2 Å². The second-order valence-corrected chi connectivity index (χ2v) is 3.04. The van der Waals surface area contributed by atoms with Crippen LogP contribution in [0.15, 0.2) is 42.6 Å². The number of benzene rings is 1. The van der Waals surface area contributed by atoms with Gasteiger partial charge in [0, 0.05) is 14.1 Å². The summed E-state index contributed by atoms with van der Waals surface area (Å²) in [6, 6.07) is 10.5. The Bertz CT molecular complexity index is 236. The molecular formula is C11H15N. The highest BCUT2D eigenvalue weighted by Crippen LogP contribution is 1.99. The van der Waals surface area contributed by atoms with E-state index in [1.807, 2.05) is 25.1 Å². The zero-order chi connectivity index (χ0) is 8.81. The van der Waals surface area contributed by atoms with Gasteiger partial charge in [0.15, 0.2) is 0 Å². The highest BCUT2D eigenvalue weighted by Gasteiger charge is 1.85. The zero-order valence-electron chi connectivity index (χ0n) is 7.70. The predicted octanol–water partition coefficient (Wildman–Crippen LogP) is 2.30. The van der Waals surface area contributed by atoms with Gasteiger partial charge in [0.2, 0.25) is 0 Å². The second kappa shape index (κ2) is 4.60. The summed E-state index contributed by atoms with van der Waals surface area (Å²) in [5.74, 6) is 0. The van der Waals surface area contributed by atoms with Crippen LogP contribution in [0.4, 0.5) is 0 Å². The second-order valence-electron chi connectivity index (χ2n) is 3.04. The topological polar surface area (TPSA) is 3.24 Å². The van der Waals surface area contributed by atoms with Crippen LogP contribution < -0.4 is 0 Å². The van der Waals surface area contributed by atoms with Crippen molar-refractivity contribution in [2.24, 2.45) is 0 Å². The minimum atomic E-state index is 1.01. The van der Waals surface area contributed by atoms with E-state index in [0.717, 1.165) is 6.42 Å². The molecule has 64 valence electrons. The van der Waals surface area contributed by atoms with Gasteiger partial charge in [-0.1, -0.05) is 36.4 Å². The Balaban J connectivity index is 2.43. The van der Waals surface area contributed by atoms with Gasteiger partial charge in [-0.25, -0.2) is 0 Å². The van der Waals surface area contributed by atoms with Gasteiger partial charge in [0.05, 0.1) is 0 Å². The summed E-state index contributed by atoms with van der Waals surface area (Å²) in [7, 11) is 4.06. The fourth-order valence-electron chi connectivity index (χ4n) is 1.01. The third-order valence-corrected chi connectivity index (χ3v) is 1.60. The molecule has 0 aliphatic carbocycles. The standard InChI is InChI=1S/C11H15N/c1-12(2)10-6-9-11-7-4-3-5-8-11/h3-8,10H,9H2,1-2H3/b10-6+. The molecular weight excluding hydrogens is 146 g/mol. The summed E-state index contributed by atoms with van der Waals surface area (Å²) in [6.07, 6.45) is 5.25. The van der Waals surface area contributed by atoms with Gasteiger partial charge in [-0.3, -0.25) is 0 Å². The molecule has 0 aromatic heterocycles. The maximum Gasteiger partial charge on any atom is 0.00555 e. The van der Waals surface area contributed by atoms with Crippen molar-refractivity contribution < 1.29 is 0 Å². The van der Waals surface area contributed by atoms with Crippen molar-refractivity contribution in [3.8, 4) is 0 Å². The molecule has 0 atom stereocenters. The quantitative estimate of drug-likeness (QED) is 0.657. The average molecular weight is 161 g/mol. The van der Waals surface area contributed by atoms with E-state index in [1.165, 1.54) is 5.56 Å². The number of allylic oxidation sites excluding steroid dienone is 1. The summed E-state index contributed by atoms with van der Waals surface area (Å²) >= 11 is 0. The first-order valence-corrected chi connectivity index (χ1v) is 4.16. The van der Waals surface area contributed by atoms with Gasteiger partial charge in [-0.15, -0.1) is 0 Å². The van der Waals surface area contributed by atoms with Crippen LogP contribution in [0.25, 0.3) is 0 Å². The fraction of sp³-hybridized carbons (Fsp3) is 0.273. The van der Waals surface area contributed by atoms with Crippen LogP contribution in [0.2, 0.25) is 0 Å². The van der Waals surface area contributed by atoms with Crippen molar-refractivity contribution in [2.75, 3.05) is 14.1 Å². The van der Waals surface area contributed by atoms with E-state index >= 15 is 0 Å². The SMILES string of the molecule is CN(C)/C=C/Cc1ccccc1. The lowest BCUT2D eigenvalue weighted by atomic mass is 10.1. The molecule has 0 spiro atoms. The van der Waals surface area contributed by atoms with Crippen molar-refractivity contribution in [1.29, 1.82) is 0 Å². The van der Waals surface area contributed by atoms with E-state index in [1.54, 1.807) is 0 Å². The smallest absolute Gasteiger partial charge is 0.00555 e. The molecule has 1 aromatic carbocycles. The molecule has 12 heavy (non-hydrogen) atoms. The van der Waals surface area contributed by atoms with Crippen LogP contribution in [-0.4, -0.2) is 19.0 Å². The van der Waals surface area contributed by atoms with Crippen LogP contribution in [0.5, 0.6) is 0 Å². The van der Waals surface area contributed by atoms with Crippen LogP contribution in [0, 0.1) is 0 Å². The van der Waals surface area contributed by atoms with E-state index in [9.17, 15) is 0 Å². The lowest BCUT2D eigenvalue weighted by molar-refractivity contribution is 0.562. The third kappa shape index (κ3) is 3.24. The first-order valence-electron chi connectivity index (χ1n) is 4.16. The molecule has 0 fully saturated rings. The van der Waals surface area contributed by atoms with E-state index < -0.39 is 0 Å². The van der Waals surface area contributed by atoms with Gasteiger partial charge in [0.1, 0.15) is 0 Å². The molecule has 1 heteroatoms. The summed E-state index contributed by atoms with van der Waals surface area (Å²) in [5, 5.41) is 0. The molecule has 1 rings (SSSR count). The Morgan fingerprint density at radius 1 is 1.17 bits per heavy atom. The van der Waals surface area contributed by atoms with Crippen molar-refractivity contribution in [2.45, 2.75) is 6.42 Å². The van der Waals surface area contributed by atoms with Gasteiger partial charge in [-0.2, -0.15) is 0 Å². The van der Waals surface area contributed by atoms with Crippen LogP contribution in [0.1, 0.15) is 5.56 Å². The summed E-state index contributed by atoms with van der Waals surface area (Å²) in [6.45, 7) is 0. The summed E-state index contributed by atoms with van der Waals surface area (Å²) < 4.78 is 0. The van der Waals surface area contributed by atoms with Gasteiger partial charge in [0.25, 0.3) is 0 Å².